The average molecular weight is 959 g/mol. The quantitative estimate of drug-likeness (QED) is 0.161. The summed E-state index contributed by atoms with van der Waals surface area (Å²) < 4.78 is 172. The third-order valence-electron chi connectivity index (χ3n) is 12.3. The van der Waals surface area contributed by atoms with Crippen molar-refractivity contribution in [2.75, 3.05) is 0 Å². The lowest BCUT2D eigenvalue weighted by molar-refractivity contribution is -0.144. The maximum absolute atomic E-state index is 14.5. The third-order valence-corrected chi connectivity index (χ3v) is 12.3. The number of para-hydroxylation sites is 2. The molecule has 0 aliphatic carbocycles. The van der Waals surface area contributed by atoms with Crippen molar-refractivity contribution in [3.8, 4) is 56.9 Å². The predicted molar refractivity (Wildman–Crippen MR) is 241 cm³/mol. The Hall–Kier alpha value is -8.50. The standard InChI is InChI=1S/C54H26F12N4/c55-51(56,57)34-14-16-36(42(25-34)53(61,62)63)31-12-18-46-40(23-31)38-8-1-3-10-44(38)69(46)48-21-30(28-68)22-49(50(48)33-7-5-6-29(20-33)27-67)70-45-11-4-2-9-39(45)41-24-32(13-19-47(41)70)37-17-15-35(52(58,59)60)26-43(37)54(64,65)66/h1-26H. The topological polar surface area (TPSA) is 57.4 Å². The molecule has 16 heteroatoms. The zero-order chi connectivity index (χ0) is 49.7. The van der Waals surface area contributed by atoms with Gasteiger partial charge in [0.15, 0.2) is 0 Å². The Balaban J connectivity index is 1.27. The van der Waals surface area contributed by atoms with Crippen LogP contribution < -0.4 is 0 Å². The molecule has 0 saturated heterocycles. The van der Waals surface area contributed by atoms with E-state index in [9.17, 15) is 63.2 Å². The van der Waals surface area contributed by atoms with Gasteiger partial charge in [0.05, 0.1) is 79.0 Å². The highest BCUT2D eigenvalue weighted by Crippen LogP contribution is 2.47. The molecule has 0 amide bonds. The lowest BCUT2D eigenvalue weighted by atomic mass is 9.95. The van der Waals surface area contributed by atoms with Crippen molar-refractivity contribution >= 4 is 43.6 Å². The van der Waals surface area contributed by atoms with Gasteiger partial charge in [-0.2, -0.15) is 63.2 Å². The van der Waals surface area contributed by atoms with Crippen LogP contribution in [0, 0.1) is 22.7 Å². The van der Waals surface area contributed by atoms with Crippen LogP contribution in [0.4, 0.5) is 52.7 Å². The van der Waals surface area contributed by atoms with Gasteiger partial charge in [-0.15, -0.1) is 0 Å². The molecule has 0 N–H and O–H groups in total. The SMILES string of the molecule is N#Cc1cccc(-c2c(-n3c4ccccc4c4cc(-c5ccc(C(F)(F)F)cc5C(F)(F)F)ccc43)cc(C#N)cc2-n2c3ccccc3c3cc(-c4ccc(C(F)(F)F)cc4C(F)(F)F)ccc32)c1. The maximum atomic E-state index is 14.5. The molecule has 0 saturated carbocycles. The molecule has 0 spiro atoms. The average Bonchev–Trinajstić information content (AvgIpc) is 3.84. The van der Waals surface area contributed by atoms with Crippen molar-refractivity contribution in [1.82, 2.24) is 9.13 Å². The van der Waals surface area contributed by atoms with Crippen LogP contribution in [0.3, 0.4) is 0 Å². The third kappa shape index (κ3) is 7.62. The highest BCUT2D eigenvalue weighted by atomic mass is 19.4. The van der Waals surface area contributed by atoms with Gasteiger partial charge in [0, 0.05) is 27.1 Å². The molecule has 2 heterocycles. The molecule has 10 rings (SSSR count). The van der Waals surface area contributed by atoms with E-state index in [1.807, 2.05) is 0 Å². The van der Waals surface area contributed by atoms with E-state index in [0.29, 0.717) is 78.2 Å². The van der Waals surface area contributed by atoms with Gasteiger partial charge in [-0.25, -0.2) is 0 Å². The molecule has 2 aromatic heterocycles. The number of hydrogen-bond donors (Lipinski definition) is 0. The largest absolute Gasteiger partial charge is 0.417 e. The fourth-order valence-electron chi connectivity index (χ4n) is 9.28. The molecule has 0 radical (unpaired) electrons. The van der Waals surface area contributed by atoms with Gasteiger partial charge in [-0.1, -0.05) is 72.8 Å². The van der Waals surface area contributed by atoms with Crippen LogP contribution in [0.5, 0.6) is 0 Å². The zero-order valence-corrected chi connectivity index (χ0v) is 35.3. The molecule has 0 aliphatic rings. The summed E-state index contributed by atoms with van der Waals surface area (Å²) in [4.78, 5) is 0. The minimum Gasteiger partial charge on any atom is -0.308 e. The normalized spacial score (nSPS) is 12.5. The molecule has 0 atom stereocenters. The molecule has 70 heavy (non-hydrogen) atoms. The van der Waals surface area contributed by atoms with Crippen molar-refractivity contribution in [2.45, 2.75) is 24.7 Å². The first-order valence-corrected chi connectivity index (χ1v) is 20.9. The molecule has 0 fully saturated rings. The van der Waals surface area contributed by atoms with Gasteiger partial charge in [0.2, 0.25) is 0 Å². The Bertz CT molecular complexity index is 3660. The van der Waals surface area contributed by atoms with E-state index >= 15 is 0 Å². The highest BCUT2D eigenvalue weighted by molar-refractivity contribution is 6.13. The van der Waals surface area contributed by atoms with Crippen molar-refractivity contribution in [3.05, 3.63) is 191 Å². The smallest absolute Gasteiger partial charge is 0.308 e. The van der Waals surface area contributed by atoms with Crippen molar-refractivity contribution < 1.29 is 52.7 Å². The van der Waals surface area contributed by atoms with Gasteiger partial charge in [0.1, 0.15) is 0 Å². The van der Waals surface area contributed by atoms with Crippen LogP contribution in [0.25, 0.3) is 88.4 Å². The predicted octanol–water partition coefficient (Wildman–Crippen LogP) is 16.7. The van der Waals surface area contributed by atoms with E-state index in [0.717, 1.165) is 12.1 Å². The minimum atomic E-state index is -5.16. The van der Waals surface area contributed by atoms with Gasteiger partial charge in [-0.05, 0) is 113 Å². The van der Waals surface area contributed by atoms with Crippen LogP contribution in [-0.4, -0.2) is 9.13 Å². The Labute approximate surface area is 387 Å². The molecule has 8 aromatic carbocycles. The lowest BCUT2D eigenvalue weighted by Crippen LogP contribution is -2.12. The summed E-state index contributed by atoms with van der Waals surface area (Å²) in [6.07, 6.45) is -20.4. The second-order valence-electron chi connectivity index (χ2n) is 16.4. The molecular weight excluding hydrogens is 933 g/mol. The molecule has 0 unspecified atom stereocenters. The number of hydrogen-bond acceptors (Lipinski definition) is 2. The summed E-state index contributed by atoms with van der Waals surface area (Å²) in [5, 5.41) is 22.6. The van der Waals surface area contributed by atoms with Gasteiger partial charge >= 0.3 is 24.7 Å². The summed E-state index contributed by atoms with van der Waals surface area (Å²) >= 11 is 0. The Morgan fingerprint density at radius 2 is 0.771 bits per heavy atom. The molecule has 0 bridgehead atoms. The second-order valence-corrected chi connectivity index (χ2v) is 16.4. The van der Waals surface area contributed by atoms with Crippen molar-refractivity contribution in [1.29, 1.82) is 10.5 Å². The summed E-state index contributed by atoms with van der Waals surface area (Å²) in [6, 6.07) is 39.3. The summed E-state index contributed by atoms with van der Waals surface area (Å²) in [6.45, 7) is 0. The van der Waals surface area contributed by atoms with Crippen LogP contribution in [-0.2, 0) is 24.7 Å². The first-order valence-electron chi connectivity index (χ1n) is 20.9. The molecular formula is C54H26F12N4. The van der Waals surface area contributed by atoms with E-state index < -0.39 is 58.1 Å². The van der Waals surface area contributed by atoms with Crippen LogP contribution >= 0.6 is 0 Å². The highest BCUT2D eigenvalue weighted by Gasteiger charge is 2.40. The second kappa shape index (κ2) is 16.1. The molecule has 10 aromatic rings. The molecule has 346 valence electrons. The maximum Gasteiger partial charge on any atom is 0.417 e. The van der Waals surface area contributed by atoms with Crippen molar-refractivity contribution in [3.63, 3.8) is 0 Å². The van der Waals surface area contributed by atoms with E-state index in [-0.39, 0.29) is 34.4 Å². The van der Waals surface area contributed by atoms with Crippen LogP contribution in [0.2, 0.25) is 0 Å². The number of nitriles is 2. The van der Waals surface area contributed by atoms with Crippen LogP contribution in [0.15, 0.2) is 158 Å². The summed E-state index contributed by atoms with van der Waals surface area (Å²) in [7, 11) is 0. The fraction of sp³-hybridized carbons (Fsp3) is 0.0741. The zero-order valence-electron chi connectivity index (χ0n) is 35.3. The summed E-state index contributed by atoms with van der Waals surface area (Å²) in [5.74, 6) is 0. The summed E-state index contributed by atoms with van der Waals surface area (Å²) in [5.41, 5.74) is -3.26. The first kappa shape index (κ1) is 45.3. The van der Waals surface area contributed by atoms with E-state index in [1.54, 1.807) is 94.1 Å². The van der Waals surface area contributed by atoms with E-state index in [1.165, 1.54) is 36.4 Å². The number of fused-ring (bicyclic) bond motifs is 6. The number of aromatic nitrogens is 2. The minimum absolute atomic E-state index is 0.0341. The van der Waals surface area contributed by atoms with E-state index in [2.05, 4.69) is 12.1 Å². The number of alkyl halides is 12. The van der Waals surface area contributed by atoms with Gasteiger partial charge < -0.3 is 9.13 Å². The molecule has 4 nitrogen and oxygen atoms in total. The molecule has 0 aliphatic heterocycles. The Morgan fingerprint density at radius 1 is 0.343 bits per heavy atom. The monoisotopic (exact) mass is 958 g/mol. The lowest BCUT2D eigenvalue weighted by Gasteiger charge is -2.21. The Kier molecular flexibility index (Phi) is 10.4. The Morgan fingerprint density at radius 3 is 1.19 bits per heavy atom. The fourth-order valence-corrected chi connectivity index (χ4v) is 9.28. The first-order chi connectivity index (χ1) is 33.1. The van der Waals surface area contributed by atoms with E-state index in [4.69, 9.17) is 0 Å². The number of rotatable bonds is 5. The number of benzene rings is 8. The van der Waals surface area contributed by atoms with Crippen molar-refractivity contribution in [2.24, 2.45) is 0 Å². The number of halogens is 12. The number of nitrogens with zero attached hydrogens (tertiary/aromatic N) is 4. The van der Waals surface area contributed by atoms with Gasteiger partial charge in [0.25, 0.3) is 0 Å². The van der Waals surface area contributed by atoms with Gasteiger partial charge in [-0.3, -0.25) is 0 Å². The van der Waals surface area contributed by atoms with Crippen LogP contribution in [0.1, 0.15) is 33.4 Å².